The van der Waals surface area contributed by atoms with Gasteiger partial charge in [0.25, 0.3) is 0 Å². The van der Waals surface area contributed by atoms with E-state index in [-0.39, 0.29) is 5.56 Å². The maximum atomic E-state index is 11.1. The maximum Gasteiger partial charge on any atom is 0.338 e. The Morgan fingerprint density at radius 2 is 2.21 bits per heavy atom. The first-order valence-corrected chi connectivity index (χ1v) is 6.06. The number of rotatable bonds is 3. The molecule has 0 amide bonds. The van der Waals surface area contributed by atoms with Crippen LogP contribution in [-0.4, -0.2) is 36.0 Å². The zero-order valence-electron chi connectivity index (χ0n) is 9.44. The molecular weight excluding hydrogens is 266 g/mol. The summed E-state index contributed by atoms with van der Waals surface area (Å²) in [6.45, 7) is 0. The third kappa shape index (κ3) is 2.13. The maximum absolute atomic E-state index is 11.1. The standard InChI is InChI=1S/C11H7N5O2S/c17-11(18)6-3-12-2-1-7(6)19-10-8-9(14-4-13-8)15-5-16-10/h1-5H,(H,17,18)(H,13,14,15,16). The molecule has 0 saturated heterocycles. The first kappa shape index (κ1) is 11.6. The average Bonchev–Trinajstić information content (AvgIpc) is 2.88. The van der Waals surface area contributed by atoms with E-state index in [9.17, 15) is 4.79 Å². The van der Waals surface area contributed by atoms with Crippen LogP contribution in [0, 0.1) is 0 Å². The number of hydrogen-bond donors (Lipinski definition) is 2. The number of carboxylic acids is 1. The predicted octanol–water partition coefficient (Wildman–Crippen LogP) is 1.60. The van der Waals surface area contributed by atoms with Gasteiger partial charge in [-0.05, 0) is 6.07 Å². The van der Waals surface area contributed by atoms with Crippen molar-refractivity contribution >= 4 is 28.9 Å². The van der Waals surface area contributed by atoms with Crippen molar-refractivity contribution in [2.45, 2.75) is 9.92 Å². The fraction of sp³-hybridized carbons (Fsp3) is 0. The largest absolute Gasteiger partial charge is 0.478 e. The number of aromatic carboxylic acids is 1. The highest BCUT2D eigenvalue weighted by atomic mass is 32.2. The number of fused-ring (bicyclic) bond motifs is 1. The van der Waals surface area contributed by atoms with E-state index >= 15 is 0 Å². The Morgan fingerprint density at radius 1 is 1.32 bits per heavy atom. The Labute approximate surface area is 111 Å². The number of carboxylic acid groups (broad SMARTS) is 1. The molecule has 94 valence electrons. The van der Waals surface area contributed by atoms with Gasteiger partial charge in [0.2, 0.25) is 0 Å². The van der Waals surface area contributed by atoms with Crippen molar-refractivity contribution in [3.63, 3.8) is 0 Å². The van der Waals surface area contributed by atoms with E-state index in [1.165, 1.54) is 30.6 Å². The molecule has 0 bridgehead atoms. The van der Waals surface area contributed by atoms with Crippen LogP contribution in [0.4, 0.5) is 0 Å². The van der Waals surface area contributed by atoms with Crippen LogP contribution in [0.25, 0.3) is 11.2 Å². The molecule has 0 spiro atoms. The summed E-state index contributed by atoms with van der Waals surface area (Å²) in [5.74, 6) is -1.02. The molecule has 0 unspecified atom stereocenters. The number of aromatic nitrogens is 5. The van der Waals surface area contributed by atoms with Crippen molar-refractivity contribution in [2.24, 2.45) is 0 Å². The monoisotopic (exact) mass is 273 g/mol. The van der Waals surface area contributed by atoms with Gasteiger partial charge in [-0.1, -0.05) is 11.8 Å². The van der Waals surface area contributed by atoms with Gasteiger partial charge < -0.3 is 10.1 Å². The van der Waals surface area contributed by atoms with E-state index in [4.69, 9.17) is 5.11 Å². The van der Waals surface area contributed by atoms with Gasteiger partial charge in [-0.25, -0.2) is 19.7 Å². The van der Waals surface area contributed by atoms with E-state index in [1.807, 2.05) is 0 Å². The summed E-state index contributed by atoms with van der Waals surface area (Å²) in [6, 6.07) is 1.64. The third-order valence-electron chi connectivity index (χ3n) is 2.41. The van der Waals surface area contributed by atoms with Gasteiger partial charge in [-0.2, -0.15) is 0 Å². The summed E-state index contributed by atoms with van der Waals surface area (Å²) in [5, 5.41) is 9.73. The van der Waals surface area contributed by atoms with Crippen LogP contribution in [0.1, 0.15) is 10.4 Å². The summed E-state index contributed by atoms with van der Waals surface area (Å²) in [7, 11) is 0. The molecule has 0 saturated carbocycles. The second-order valence-corrected chi connectivity index (χ2v) is 4.59. The Bertz CT molecular complexity index is 757. The fourth-order valence-electron chi connectivity index (χ4n) is 1.56. The van der Waals surface area contributed by atoms with Crippen molar-refractivity contribution in [3.8, 4) is 0 Å². The van der Waals surface area contributed by atoms with Crippen LogP contribution < -0.4 is 0 Å². The second-order valence-electron chi connectivity index (χ2n) is 3.56. The lowest BCUT2D eigenvalue weighted by Gasteiger charge is -2.04. The van der Waals surface area contributed by atoms with E-state index < -0.39 is 5.97 Å². The number of pyridine rings is 1. The van der Waals surface area contributed by atoms with Crippen LogP contribution in [0.2, 0.25) is 0 Å². The Hall–Kier alpha value is -2.48. The molecule has 19 heavy (non-hydrogen) atoms. The highest BCUT2D eigenvalue weighted by Crippen LogP contribution is 2.31. The third-order valence-corrected chi connectivity index (χ3v) is 3.49. The predicted molar refractivity (Wildman–Crippen MR) is 67.0 cm³/mol. The van der Waals surface area contributed by atoms with Gasteiger partial charge in [0.15, 0.2) is 5.65 Å². The molecule has 0 radical (unpaired) electrons. The van der Waals surface area contributed by atoms with E-state index in [0.29, 0.717) is 21.1 Å². The van der Waals surface area contributed by atoms with Crippen LogP contribution in [0.15, 0.2) is 41.0 Å². The van der Waals surface area contributed by atoms with Crippen molar-refractivity contribution in [1.82, 2.24) is 24.9 Å². The first-order chi connectivity index (χ1) is 9.25. The first-order valence-electron chi connectivity index (χ1n) is 5.25. The number of nitrogens with zero attached hydrogens (tertiary/aromatic N) is 4. The molecule has 8 heteroatoms. The molecule has 2 N–H and O–H groups in total. The molecule has 3 aromatic heterocycles. The van der Waals surface area contributed by atoms with E-state index in [1.54, 1.807) is 12.3 Å². The lowest BCUT2D eigenvalue weighted by molar-refractivity contribution is 0.0692. The van der Waals surface area contributed by atoms with Crippen molar-refractivity contribution in [3.05, 3.63) is 36.7 Å². The van der Waals surface area contributed by atoms with Crippen LogP contribution in [0.5, 0.6) is 0 Å². The molecule has 0 aromatic carbocycles. The van der Waals surface area contributed by atoms with Crippen molar-refractivity contribution in [1.29, 1.82) is 0 Å². The van der Waals surface area contributed by atoms with Crippen LogP contribution >= 0.6 is 11.8 Å². The molecular formula is C11H7N5O2S. The van der Waals surface area contributed by atoms with Crippen molar-refractivity contribution < 1.29 is 9.90 Å². The van der Waals surface area contributed by atoms with Gasteiger partial charge in [0, 0.05) is 17.3 Å². The van der Waals surface area contributed by atoms with Gasteiger partial charge in [0.05, 0.1) is 11.9 Å². The number of hydrogen-bond acceptors (Lipinski definition) is 6. The normalized spacial score (nSPS) is 10.7. The summed E-state index contributed by atoms with van der Waals surface area (Å²) in [5.41, 5.74) is 1.36. The van der Waals surface area contributed by atoms with Crippen LogP contribution in [0.3, 0.4) is 0 Å². The van der Waals surface area contributed by atoms with E-state index in [2.05, 4.69) is 24.9 Å². The summed E-state index contributed by atoms with van der Waals surface area (Å²) in [6.07, 6.45) is 5.78. The SMILES string of the molecule is O=C(O)c1cnccc1Sc1ncnc2nc[nH]c12. The number of imidazole rings is 1. The molecule has 3 rings (SSSR count). The summed E-state index contributed by atoms with van der Waals surface area (Å²) >= 11 is 1.23. The van der Waals surface area contributed by atoms with Gasteiger partial charge in [-0.15, -0.1) is 0 Å². The quantitative estimate of drug-likeness (QED) is 0.698. The molecule has 0 aliphatic rings. The molecule has 0 atom stereocenters. The molecule has 3 aromatic rings. The zero-order chi connectivity index (χ0) is 13.2. The van der Waals surface area contributed by atoms with Crippen molar-refractivity contribution in [2.75, 3.05) is 0 Å². The number of H-pyrrole nitrogens is 1. The molecule has 0 aliphatic heterocycles. The smallest absolute Gasteiger partial charge is 0.338 e. The topological polar surface area (TPSA) is 105 Å². The van der Waals surface area contributed by atoms with Gasteiger partial charge in [0.1, 0.15) is 16.9 Å². The molecule has 0 fully saturated rings. The minimum absolute atomic E-state index is 0.138. The Balaban J connectivity index is 2.06. The Morgan fingerprint density at radius 3 is 3.05 bits per heavy atom. The molecule has 7 nitrogen and oxygen atoms in total. The fourth-order valence-corrected chi connectivity index (χ4v) is 2.50. The van der Waals surface area contributed by atoms with Gasteiger partial charge in [-0.3, -0.25) is 4.98 Å². The summed E-state index contributed by atoms with van der Waals surface area (Å²) in [4.78, 5) is 30.6. The highest BCUT2D eigenvalue weighted by molar-refractivity contribution is 7.99. The minimum Gasteiger partial charge on any atom is -0.478 e. The average molecular weight is 273 g/mol. The second kappa shape index (κ2) is 4.65. The molecule has 0 aliphatic carbocycles. The Kier molecular flexibility index (Phi) is 2.84. The lowest BCUT2D eigenvalue weighted by atomic mass is 10.3. The van der Waals surface area contributed by atoms with Gasteiger partial charge >= 0.3 is 5.97 Å². The molecule has 3 heterocycles. The minimum atomic E-state index is -1.02. The highest BCUT2D eigenvalue weighted by Gasteiger charge is 2.14. The number of aromatic amines is 1. The van der Waals surface area contributed by atoms with Crippen LogP contribution in [-0.2, 0) is 0 Å². The number of carbonyl (C=O) groups is 1. The summed E-state index contributed by atoms with van der Waals surface area (Å²) < 4.78 is 0. The van der Waals surface area contributed by atoms with E-state index in [0.717, 1.165) is 0 Å². The number of nitrogens with one attached hydrogen (secondary N) is 1. The zero-order valence-corrected chi connectivity index (χ0v) is 10.3. The lowest BCUT2D eigenvalue weighted by Crippen LogP contribution is -1.99.